The minimum atomic E-state index is -1.01. The van der Waals surface area contributed by atoms with Crippen LogP contribution < -0.4 is 5.32 Å². The molecule has 2 aliphatic carbocycles. The second kappa shape index (κ2) is 8.70. The molecule has 1 heterocycles. The largest absolute Gasteiger partial charge is 0.479 e. The van der Waals surface area contributed by atoms with Gasteiger partial charge in [0.2, 0.25) is 5.91 Å². The minimum absolute atomic E-state index is 0.0134. The number of piperidine rings is 1. The Hall–Kier alpha value is -3.35. The number of amides is 2. The van der Waals surface area contributed by atoms with Gasteiger partial charge in [-0.2, -0.15) is 0 Å². The van der Waals surface area contributed by atoms with Crippen molar-refractivity contribution in [1.82, 2.24) is 10.2 Å². The molecule has 2 amide bonds. The lowest BCUT2D eigenvalue weighted by molar-refractivity contribution is -0.155. The number of carbonyl (C=O) groups is 3. The van der Waals surface area contributed by atoms with Gasteiger partial charge in [0.1, 0.15) is 12.1 Å². The molecule has 184 valence electrons. The first-order chi connectivity index (χ1) is 16.7. The number of hydrogen-bond acceptors (Lipinski definition) is 4. The lowest BCUT2D eigenvalue weighted by Crippen LogP contribution is -2.52. The fourth-order valence-corrected chi connectivity index (χ4v) is 5.94. The number of hydrogen-bond donors (Lipinski definition) is 2. The van der Waals surface area contributed by atoms with Crippen LogP contribution in [0.4, 0.5) is 4.79 Å². The highest BCUT2D eigenvalue weighted by atomic mass is 16.5. The van der Waals surface area contributed by atoms with E-state index in [0.717, 1.165) is 24.0 Å². The number of carbonyl (C=O) groups excluding carboxylic acids is 2. The molecule has 2 N–H and O–H groups in total. The van der Waals surface area contributed by atoms with Gasteiger partial charge in [-0.15, -0.1) is 0 Å². The van der Waals surface area contributed by atoms with Crippen LogP contribution in [0.5, 0.6) is 0 Å². The maximum atomic E-state index is 13.1. The average molecular weight is 477 g/mol. The summed E-state index contributed by atoms with van der Waals surface area (Å²) in [5.41, 5.74) is 3.10. The number of aliphatic carboxylic acids is 1. The number of likely N-dealkylation sites (tertiary alicyclic amines) is 1. The van der Waals surface area contributed by atoms with Gasteiger partial charge in [-0.3, -0.25) is 4.79 Å². The third-order valence-electron chi connectivity index (χ3n) is 7.84. The molecule has 0 unspecified atom stereocenters. The van der Waals surface area contributed by atoms with E-state index in [9.17, 15) is 19.5 Å². The third kappa shape index (κ3) is 4.17. The molecule has 1 saturated heterocycles. The second-order valence-electron chi connectivity index (χ2n) is 10.8. The summed E-state index contributed by atoms with van der Waals surface area (Å²) in [5, 5.41) is 12.5. The Morgan fingerprint density at radius 1 is 1.09 bits per heavy atom. The molecule has 0 aromatic heterocycles. The van der Waals surface area contributed by atoms with Crippen LogP contribution in [0.1, 0.15) is 56.6 Å². The van der Waals surface area contributed by atoms with E-state index in [1.54, 1.807) is 4.90 Å². The van der Waals surface area contributed by atoms with Crippen molar-refractivity contribution in [3.63, 3.8) is 0 Å². The third-order valence-corrected chi connectivity index (χ3v) is 7.84. The highest BCUT2D eigenvalue weighted by Gasteiger charge is 2.66. The molecule has 2 aromatic carbocycles. The molecule has 7 heteroatoms. The van der Waals surface area contributed by atoms with Crippen LogP contribution in [0.2, 0.25) is 0 Å². The van der Waals surface area contributed by atoms with Crippen LogP contribution >= 0.6 is 0 Å². The Morgan fingerprint density at radius 2 is 1.71 bits per heavy atom. The van der Waals surface area contributed by atoms with Gasteiger partial charge >= 0.3 is 12.1 Å². The van der Waals surface area contributed by atoms with Crippen molar-refractivity contribution in [3.05, 3.63) is 59.7 Å². The molecule has 35 heavy (non-hydrogen) atoms. The smallest absolute Gasteiger partial charge is 0.407 e. The number of nitrogens with zero attached hydrogens (tertiary/aromatic N) is 1. The molecule has 0 spiro atoms. The molecule has 7 nitrogen and oxygen atoms in total. The summed E-state index contributed by atoms with van der Waals surface area (Å²) in [4.78, 5) is 39.1. The van der Waals surface area contributed by atoms with Crippen molar-refractivity contribution < 1.29 is 24.2 Å². The molecule has 1 aliphatic heterocycles. The number of ether oxygens (including phenoxy) is 1. The van der Waals surface area contributed by atoms with Gasteiger partial charge in [-0.25, -0.2) is 9.59 Å². The number of benzene rings is 2. The zero-order valence-corrected chi connectivity index (χ0v) is 20.3. The maximum Gasteiger partial charge on any atom is 0.407 e. The molecule has 3 aliphatic rings. The molecule has 2 aromatic rings. The minimum Gasteiger partial charge on any atom is -0.479 e. The summed E-state index contributed by atoms with van der Waals surface area (Å²) < 4.78 is 5.60. The summed E-state index contributed by atoms with van der Waals surface area (Å²) in [6, 6.07) is 16.4. The van der Waals surface area contributed by atoms with Crippen LogP contribution in [0, 0.1) is 11.3 Å². The highest BCUT2D eigenvalue weighted by molar-refractivity contribution is 5.91. The standard InChI is InChI=1S/C28H32N2O5/c1-27(2,15-24(31)30-13-7-8-18-14-28(18,30)25(32)33)17-29-26(34)35-16-23-21-11-5-3-9-19(21)20-10-4-6-12-22(20)23/h3-6,9-12,18,23H,7-8,13-17H2,1-2H3,(H,29,34)(H,32,33)/t18-,28+/m0/s1. The highest BCUT2D eigenvalue weighted by Crippen LogP contribution is 2.54. The number of carboxylic acids is 1. The van der Waals surface area contributed by atoms with Gasteiger partial charge in [0.05, 0.1) is 0 Å². The number of carboxylic acid groups (broad SMARTS) is 1. The van der Waals surface area contributed by atoms with E-state index < -0.39 is 23.0 Å². The number of nitrogens with one attached hydrogen (secondary N) is 1. The van der Waals surface area contributed by atoms with E-state index in [1.165, 1.54) is 11.1 Å². The summed E-state index contributed by atoms with van der Waals surface area (Å²) >= 11 is 0. The summed E-state index contributed by atoms with van der Waals surface area (Å²) in [7, 11) is 0. The molecule has 2 fully saturated rings. The Labute approximate surface area is 205 Å². The van der Waals surface area contributed by atoms with Crippen molar-refractivity contribution in [2.45, 2.75) is 51.0 Å². The molecule has 5 rings (SSSR count). The summed E-state index contributed by atoms with van der Waals surface area (Å²) in [6.07, 6.45) is 1.90. The van der Waals surface area contributed by atoms with Gasteiger partial charge in [0.25, 0.3) is 0 Å². The van der Waals surface area contributed by atoms with E-state index in [2.05, 4.69) is 29.6 Å². The van der Waals surface area contributed by atoms with Gasteiger partial charge in [-0.1, -0.05) is 62.4 Å². The van der Waals surface area contributed by atoms with Gasteiger partial charge in [0.15, 0.2) is 0 Å². The van der Waals surface area contributed by atoms with Crippen LogP contribution in [0.3, 0.4) is 0 Å². The first-order valence-electron chi connectivity index (χ1n) is 12.4. The molecule has 1 saturated carbocycles. The lowest BCUT2D eigenvalue weighted by Gasteiger charge is -2.36. The number of rotatable bonds is 7. The Morgan fingerprint density at radius 3 is 2.34 bits per heavy atom. The molecule has 0 bridgehead atoms. The quantitative estimate of drug-likeness (QED) is 0.617. The number of fused-ring (bicyclic) bond motifs is 4. The average Bonchev–Trinajstić information content (AvgIpc) is 3.52. The fraction of sp³-hybridized carbons (Fsp3) is 0.464. The van der Waals surface area contributed by atoms with Crippen molar-refractivity contribution in [2.75, 3.05) is 19.7 Å². The van der Waals surface area contributed by atoms with Crippen LogP contribution in [-0.4, -0.2) is 53.2 Å². The normalized spacial score (nSPS) is 22.6. The van der Waals surface area contributed by atoms with Gasteiger partial charge in [-0.05, 0) is 52.8 Å². The van der Waals surface area contributed by atoms with Crippen molar-refractivity contribution in [1.29, 1.82) is 0 Å². The fourth-order valence-electron chi connectivity index (χ4n) is 5.94. The zero-order valence-electron chi connectivity index (χ0n) is 20.3. The Kier molecular flexibility index (Phi) is 5.82. The van der Waals surface area contributed by atoms with Crippen molar-refractivity contribution in [3.8, 4) is 11.1 Å². The SMILES string of the molecule is CC(C)(CNC(=O)OCC1c2ccccc2-c2ccccc21)CC(=O)N1CCC[C@H]2C[C@]21C(=O)O. The first-order valence-corrected chi connectivity index (χ1v) is 12.4. The molecular formula is C28H32N2O5. The van der Waals surface area contributed by atoms with Crippen molar-refractivity contribution in [2.24, 2.45) is 11.3 Å². The van der Waals surface area contributed by atoms with E-state index in [4.69, 9.17) is 4.74 Å². The number of alkyl carbamates (subject to hydrolysis) is 1. The van der Waals surface area contributed by atoms with Crippen LogP contribution in [-0.2, 0) is 14.3 Å². The summed E-state index contributed by atoms with van der Waals surface area (Å²) in [5.74, 6) is -1.00. The molecule has 0 radical (unpaired) electrons. The first kappa shape index (κ1) is 23.4. The monoisotopic (exact) mass is 476 g/mol. The van der Waals surface area contributed by atoms with E-state index >= 15 is 0 Å². The van der Waals surface area contributed by atoms with E-state index in [0.29, 0.717) is 13.0 Å². The predicted molar refractivity (Wildman–Crippen MR) is 131 cm³/mol. The van der Waals surface area contributed by atoms with Gasteiger partial charge in [0, 0.05) is 25.4 Å². The topological polar surface area (TPSA) is 95.9 Å². The Balaban J connectivity index is 1.16. The second-order valence-corrected chi connectivity index (χ2v) is 10.8. The van der Waals surface area contributed by atoms with Crippen molar-refractivity contribution >= 4 is 18.0 Å². The zero-order chi connectivity index (χ0) is 24.8. The molecular weight excluding hydrogens is 444 g/mol. The lowest BCUT2D eigenvalue weighted by atomic mass is 9.87. The van der Waals surface area contributed by atoms with Crippen LogP contribution in [0.25, 0.3) is 11.1 Å². The Bertz CT molecular complexity index is 1130. The maximum absolute atomic E-state index is 13.1. The van der Waals surface area contributed by atoms with E-state index in [1.807, 2.05) is 38.1 Å². The van der Waals surface area contributed by atoms with Crippen LogP contribution in [0.15, 0.2) is 48.5 Å². The van der Waals surface area contributed by atoms with E-state index in [-0.39, 0.29) is 37.3 Å². The molecule has 2 atom stereocenters. The predicted octanol–water partition coefficient (Wildman–Crippen LogP) is 4.41. The van der Waals surface area contributed by atoms with Gasteiger partial charge < -0.3 is 20.1 Å². The summed E-state index contributed by atoms with van der Waals surface area (Å²) in [6.45, 7) is 4.77.